The quantitative estimate of drug-likeness (QED) is 0.525. The molecule has 0 aliphatic heterocycles. The maximum absolute atomic E-state index is 13.8. The van der Waals surface area contributed by atoms with Crippen molar-refractivity contribution >= 4 is 22.6 Å². The number of halogens is 3. The molecule has 0 aromatic heterocycles. The summed E-state index contributed by atoms with van der Waals surface area (Å²) in [6.07, 6.45) is 2.97. The Morgan fingerprint density at radius 2 is 1.67 bits per heavy atom. The molecule has 2 aliphatic rings. The van der Waals surface area contributed by atoms with Crippen LogP contribution in [0.5, 0.6) is 0 Å². The smallest absolute Gasteiger partial charge is 0.157 e. The Morgan fingerprint density at radius 1 is 1.00 bits per heavy atom. The molecule has 0 saturated heterocycles. The maximum Gasteiger partial charge on any atom is 0.157 e. The summed E-state index contributed by atoms with van der Waals surface area (Å²) in [5, 5.41) is 0. The van der Waals surface area contributed by atoms with Gasteiger partial charge in [-0.05, 0) is 50.4 Å². The van der Waals surface area contributed by atoms with Crippen molar-refractivity contribution in [2.75, 3.05) is 6.61 Å². The van der Waals surface area contributed by atoms with E-state index in [0.29, 0.717) is 18.9 Å². The van der Waals surface area contributed by atoms with E-state index < -0.39 is 18.4 Å². The fourth-order valence-corrected chi connectivity index (χ4v) is 3.71. The molecule has 18 heavy (non-hydrogen) atoms. The molecule has 2 rings (SSSR count). The second-order valence-corrected chi connectivity index (χ2v) is 7.69. The van der Waals surface area contributed by atoms with Crippen molar-refractivity contribution in [1.29, 1.82) is 0 Å². The van der Waals surface area contributed by atoms with Gasteiger partial charge in [0.1, 0.15) is 6.17 Å². The van der Waals surface area contributed by atoms with E-state index in [1.807, 2.05) is 0 Å². The maximum atomic E-state index is 13.8. The van der Waals surface area contributed by atoms with E-state index >= 15 is 0 Å². The fraction of sp³-hybridized carbons (Fsp3) is 1.00. The van der Waals surface area contributed by atoms with Crippen LogP contribution in [0.3, 0.4) is 0 Å². The van der Waals surface area contributed by atoms with Crippen molar-refractivity contribution in [3.8, 4) is 0 Å². The third-order valence-electron chi connectivity index (χ3n) is 4.43. The van der Waals surface area contributed by atoms with Crippen LogP contribution in [-0.2, 0) is 4.74 Å². The second kappa shape index (κ2) is 6.82. The number of rotatable bonds is 3. The monoisotopic (exact) mass is 372 g/mol. The first-order valence-electron chi connectivity index (χ1n) is 7.11. The molecule has 2 aliphatic carbocycles. The highest BCUT2D eigenvalue weighted by Crippen LogP contribution is 2.33. The molecule has 0 amide bonds. The molecule has 1 nitrogen and oxygen atoms in total. The van der Waals surface area contributed by atoms with Gasteiger partial charge in [-0.2, -0.15) is 0 Å². The summed E-state index contributed by atoms with van der Waals surface area (Å²) in [5.41, 5.74) is 0. The van der Waals surface area contributed by atoms with Gasteiger partial charge in [-0.3, -0.25) is 0 Å². The van der Waals surface area contributed by atoms with Crippen LogP contribution in [0.1, 0.15) is 45.4 Å². The topological polar surface area (TPSA) is 9.23 Å². The van der Waals surface area contributed by atoms with Gasteiger partial charge >= 0.3 is 0 Å². The van der Waals surface area contributed by atoms with Crippen molar-refractivity contribution in [3.63, 3.8) is 0 Å². The highest BCUT2D eigenvalue weighted by atomic mass is 127. The van der Waals surface area contributed by atoms with Crippen molar-refractivity contribution in [2.45, 2.75) is 67.8 Å². The molecule has 106 valence electrons. The lowest BCUT2D eigenvalue weighted by Crippen LogP contribution is -2.42. The molecule has 0 aromatic rings. The highest BCUT2D eigenvalue weighted by Gasteiger charge is 2.39. The first kappa shape index (κ1) is 14.9. The van der Waals surface area contributed by atoms with E-state index in [0.717, 1.165) is 10.3 Å². The zero-order valence-electron chi connectivity index (χ0n) is 11.0. The highest BCUT2D eigenvalue weighted by molar-refractivity contribution is 14.1. The lowest BCUT2D eigenvalue weighted by molar-refractivity contribution is -0.0823. The van der Waals surface area contributed by atoms with Gasteiger partial charge in [0.25, 0.3) is 0 Å². The summed E-state index contributed by atoms with van der Waals surface area (Å²) >= 11 is 2.50. The van der Waals surface area contributed by atoms with Gasteiger partial charge < -0.3 is 4.74 Å². The number of hydrogen-bond donors (Lipinski definition) is 0. The minimum Gasteiger partial charge on any atom is -0.375 e. The van der Waals surface area contributed by atoms with E-state index in [1.54, 1.807) is 6.92 Å². The Hall–Kier alpha value is 0.550. The van der Waals surface area contributed by atoms with Crippen LogP contribution in [0.15, 0.2) is 0 Å². The molecule has 4 unspecified atom stereocenters. The minimum absolute atomic E-state index is 0.158. The normalized spacial score (nSPS) is 46.0. The van der Waals surface area contributed by atoms with Crippen LogP contribution in [0.4, 0.5) is 8.78 Å². The zero-order chi connectivity index (χ0) is 13.1. The average molecular weight is 372 g/mol. The summed E-state index contributed by atoms with van der Waals surface area (Å²) in [7, 11) is 0. The van der Waals surface area contributed by atoms with Crippen molar-refractivity contribution in [1.82, 2.24) is 0 Å². The third-order valence-corrected chi connectivity index (χ3v) is 5.68. The molecular formula is C14H23F2IO. The Morgan fingerprint density at radius 3 is 2.33 bits per heavy atom. The van der Waals surface area contributed by atoms with E-state index in [-0.39, 0.29) is 5.92 Å². The van der Waals surface area contributed by atoms with Gasteiger partial charge in [-0.1, -0.05) is 29.5 Å². The van der Waals surface area contributed by atoms with Gasteiger partial charge in [0.2, 0.25) is 0 Å². The van der Waals surface area contributed by atoms with Crippen molar-refractivity contribution in [2.24, 2.45) is 11.8 Å². The van der Waals surface area contributed by atoms with Crippen LogP contribution in [-0.4, -0.2) is 29.0 Å². The van der Waals surface area contributed by atoms with Gasteiger partial charge in [0.15, 0.2) is 6.17 Å². The van der Waals surface area contributed by atoms with E-state index in [9.17, 15) is 8.78 Å². The molecule has 0 spiro atoms. The Kier molecular flexibility index (Phi) is 5.66. The molecule has 0 heterocycles. The molecular weight excluding hydrogens is 349 g/mol. The number of alkyl halides is 3. The average Bonchev–Trinajstić information content (AvgIpc) is 2.37. The van der Waals surface area contributed by atoms with Gasteiger partial charge in [0, 0.05) is 10.5 Å². The van der Waals surface area contributed by atoms with Crippen LogP contribution in [0.25, 0.3) is 0 Å². The lowest BCUT2D eigenvalue weighted by atomic mass is 9.85. The molecule has 0 radical (unpaired) electrons. The van der Waals surface area contributed by atoms with Crippen molar-refractivity contribution < 1.29 is 13.5 Å². The predicted octanol–water partition coefficient (Wildman–Crippen LogP) is 4.47. The fourth-order valence-electron chi connectivity index (χ4n) is 2.99. The molecule has 4 atom stereocenters. The molecule has 0 bridgehead atoms. The predicted molar refractivity (Wildman–Crippen MR) is 77.7 cm³/mol. The Bertz CT molecular complexity index is 256. The van der Waals surface area contributed by atoms with E-state index in [2.05, 4.69) is 22.6 Å². The summed E-state index contributed by atoms with van der Waals surface area (Å²) in [4.78, 5) is 0. The number of ether oxygens (including phenoxy) is 1. The molecule has 0 aromatic carbocycles. The van der Waals surface area contributed by atoms with Crippen LogP contribution in [0, 0.1) is 11.8 Å². The first-order chi connectivity index (χ1) is 8.58. The number of hydrogen-bond acceptors (Lipinski definition) is 1. The standard InChI is InChI=1S/C14H23F2IO/c1-9-2-7-12(14(16)13(9)15)18-8-10-3-5-11(17)6-4-10/h9-14H,2-8H2,1H3. The summed E-state index contributed by atoms with van der Waals surface area (Å²) in [6.45, 7) is 2.41. The largest absolute Gasteiger partial charge is 0.375 e. The van der Waals surface area contributed by atoms with Crippen LogP contribution >= 0.6 is 22.6 Å². The Balaban J connectivity index is 1.73. The Labute approximate surface area is 122 Å². The van der Waals surface area contributed by atoms with Crippen LogP contribution in [0.2, 0.25) is 0 Å². The van der Waals surface area contributed by atoms with E-state index in [1.165, 1.54) is 25.7 Å². The summed E-state index contributed by atoms with van der Waals surface area (Å²) < 4.78 is 33.9. The molecule has 0 N–H and O–H groups in total. The van der Waals surface area contributed by atoms with Gasteiger partial charge in [0.05, 0.1) is 6.10 Å². The van der Waals surface area contributed by atoms with Crippen molar-refractivity contribution in [3.05, 3.63) is 0 Å². The lowest BCUT2D eigenvalue weighted by Gasteiger charge is -2.34. The van der Waals surface area contributed by atoms with Crippen LogP contribution < -0.4 is 0 Å². The SMILES string of the molecule is CC1CCC(OCC2CCC(I)CC2)C(F)C1F. The first-order valence-corrected chi connectivity index (χ1v) is 8.36. The second-order valence-electron chi connectivity index (χ2n) is 5.93. The van der Waals surface area contributed by atoms with Gasteiger partial charge in [-0.15, -0.1) is 0 Å². The zero-order valence-corrected chi connectivity index (χ0v) is 13.1. The molecule has 4 heteroatoms. The van der Waals surface area contributed by atoms with Gasteiger partial charge in [-0.25, -0.2) is 8.78 Å². The molecule has 2 fully saturated rings. The minimum atomic E-state index is -1.42. The summed E-state index contributed by atoms with van der Waals surface area (Å²) in [6, 6.07) is 0. The third kappa shape index (κ3) is 3.78. The molecule has 2 saturated carbocycles. The van der Waals surface area contributed by atoms with E-state index in [4.69, 9.17) is 4.74 Å². The summed E-state index contributed by atoms with van der Waals surface area (Å²) in [5.74, 6) is 0.398.